The predicted molar refractivity (Wildman–Crippen MR) is 47.1 cm³/mol. The number of carbonyl (C=O) groups excluding carboxylic acids is 1. The molecule has 0 aliphatic rings. The molecule has 0 bridgehead atoms. The van der Waals surface area contributed by atoms with Crippen molar-refractivity contribution in [2.75, 3.05) is 12.8 Å². The van der Waals surface area contributed by atoms with E-state index in [1.165, 1.54) is 5.94 Å². The van der Waals surface area contributed by atoms with Crippen molar-refractivity contribution >= 4 is 19.3 Å². The normalized spacial score (nSPS) is 13.4. The van der Waals surface area contributed by atoms with Gasteiger partial charge >= 0.3 is 5.97 Å². The minimum Gasteiger partial charge on any atom is -0.477 e. The smallest absolute Gasteiger partial charge is 0.342 e. The standard InChI is InChI=1S/C6H9O5P.H3N/c1-12(10,11)3-2-5(4-7)6(8)9;/h2-3H2,1H3,(H,8,9)(H,10,11);1H3. The molecule has 0 aliphatic heterocycles. The van der Waals surface area contributed by atoms with E-state index in [-0.39, 0.29) is 18.7 Å². The lowest BCUT2D eigenvalue weighted by atomic mass is 10.2. The first-order valence-electron chi connectivity index (χ1n) is 3.13. The van der Waals surface area contributed by atoms with E-state index in [4.69, 9.17) is 10.00 Å². The molecule has 0 heterocycles. The molecule has 1 unspecified atom stereocenters. The third-order valence-corrected chi connectivity index (χ3v) is 2.21. The number of rotatable bonds is 4. The van der Waals surface area contributed by atoms with E-state index in [2.05, 4.69) is 0 Å². The summed E-state index contributed by atoms with van der Waals surface area (Å²) in [5.74, 6) is -0.181. The maximum Gasteiger partial charge on any atom is 0.342 e. The van der Waals surface area contributed by atoms with Gasteiger partial charge in [-0.15, -0.1) is 0 Å². The van der Waals surface area contributed by atoms with Crippen LogP contribution in [-0.2, 0) is 14.2 Å². The van der Waals surface area contributed by atoms with Crippen LogP contribution < -0.4 is 6.15 Å². The molecule has 6 nitrogen and oxygen atoms in total. The van der Waals surface area contributed by atoms with Crippen molar-refractivity contribution in [2.24, 2.45) is 0 Å². The largest absolute Gasteiger partial charge is 0.477 e. The molecule has 0 aliphatic carbocycles. The highest BCUT2D eigenvalue weighted by Gasteiger charge is 2.15. The molecule has 5 N–H and O–H groups in total. The van der Waals surface area contributed by atoms with Crippen molar-refractivity contribution in [3.63, 3.8) is 0 Å². The van der Waals surface area contributed by atoms with Gasteiger partial charge in [0.05, 0.1) is 0 Å². The summed E-state index contributed by atoms with van der Waals surface area (Å²) in [6, 6.07) is 0. The Morgan fingerprint density at radius 3 is 2.23 bits per heavy atom. The SMILES string of the molecule is CP(=O)(O)CCC(=C=O)C(=O)O.N. The van der Waals surface area contributed by atoms with Gasteiger partial charge in [-0.25, -0.2) is 9.59 Å². The Morgan fingerprint density at radius 2 is 2.00 bits per heavy atom. The van der Waals surface area contributed by atoms with Crippen molar-refractivity contribution in [1.82, 2.24) is 6.15 Å². The molecular formula is C6H12NO5P. The van der Waals surface area contributed by atoms with Crippen molar-refractivity contribution in [3.05, 3.63) is 5.57 Å². The Kier molecular flexibility index (Phi) is 6.36. The monoisotopic (exact) mass is 209 g/mol. The lowest BCUT2D eigenvalue weighted by molar-refractivity contribution is -0.132. The Balaban J connectivity index is 0. The molecule has 0 amide bonds. The molecule has 13 heavy (non-hydrogen) atoms. The quantitative estimate of drug-likeness (QED) is 0.346. The maximum atomic E-state index is 10.7. The van der Waals surface area contributed by atoms with Gasteiger partial charge in [0.2, 0.25) is 0 Å². The molecule has 0 aromatic carbocycles. The fourth-order valence-corrected chi connectivity index (χ4v) is 1.16. The van der Waals surface area contributed by atoms with Gasteiger partial charge in [0.15, 0.2) is 7.37 Å². The molecule has 0 saturated carbocycles. The van der Waals surface area contributed by atoms with Gasteiger partial charge in [-0.1, -0.05) is 0 Å². The van der Waals surface area contributed by atoms with Gasteiger partial charge in [0, 0.05) is 12.8 Å². The molecule has 0 aromatic heterocycles. The number of hydrogen-bond donors (Lipinski definition) is 3. The molecule has 1 atom stereocenters. The van der Waals surface area contributed by atoms with Gasteiger partial charge in [-0.05, 0) is 6.42 Å². The first-order valence-corrected chi connectivity index (χ1v) is 5.42. The second kappa shape index (κ2) is 5.67. The fourth-order valence-electron chi connectivity index (χ4n) is 0.521. The van der Waals surface area contributed by atoms with Gasteiger partial charge < -0.3 is 16.2 Å². The Bertz CT molecular complexity index is 275. The van der Waals surface area contributed by atoms with E-state index in [9.17, 15) is 14.2 Å². The first-order chi connectivity index (χ1) is 5.37. The summed E-state index contributed by atoms with van der Waals surface area (Å²) in [5.41, 5.74) is -0.494. The highest BCUT2D eigenvalue weighted by molar-refractivity contribution is 7.57. The maximum absolute atomic E-state index is 10.7. The van der Waals surface area contributed by atoms with Gasteiger partial charge in [0.1, 0.15) is 11.5 Å². The highest BCUT2D eigenvalue weighted by Crippen LogP contribution is 2.36. The Hall–Kier alpha value is -0.930. The summed E-state index contributed by atoms with van der Waals surface area (Å²) in [6.07, 6.45) is -0.424. The zero-order chi connectivity index (χ0) is 9.78. The second-order valence-corrected chi connectivity index (χ2v) is 4.96. The van der Waals surface area contributed by atoms with Crippen LogP contribution >= 0.6 is 7.37 Å². The second-order valence-electron chi connectivity index (χ2n) is 2.41. The van der Waals surface area contributed by atoms with Crippen LogP contribution in [-0.4, -0.2) is 34.7 Å². The molecule has 76 valence electrons. The van der Waals surface area contributed by atoms with Crippen LogP contribution in [0.4, 0.5) is 0 Å². The average Bonchev–Trinajstić information content (AvgIpc) is 1.85. The number of aliphatic carboxylic acids is 1. The van der Waals surface area contributed by atoms with Crippen LogP contribution in [0.15, 0.2) is 5.57 Å². The minimum absolute atomic E-state index is 0. The summed E-state index contributed by atoms with van der Waals surface area (Å²) in [6.45, 7) is 1.11. The zero-order valence-corrected chi connectivity index (χ0v) is 8.08. The van der Waals surface area contributed by atoms with E-state index in [0.717, 1.165) is 6.66 Å². The van der Waals surface area contributed by atoms with Gasteiger partial charge in [-0.2, -0.15) is 0 Å². The van der Waals surface area contributed by atoms with Crippen LogP contribution in [0.2, 0.25) is 0 Å². The van der Waals surface area contributed by atoms with Crippen molar-refractivity contribution in [1.29, 1.82) is 0 Å². The van der Waals surface area contributed by atoms with E-state index in [0.29, 0.717) is 0 Å². The Labute approximate surface area is 75.3 Å². The molecule has 0 radical (unpaired) electrons. The number of carboxylic acid groups (broad SMARTS) is 1. The summed E-state index contributed by atoms with van der Waals surface area (Å²) in [7, 11) is -3.24. The summed E-state index contributed by atoms with van der Waals surface area (Å²) >= 11 is 0. The molecule has 0 fully saturated rings. The van der Waals surface area contributed by atoms with Crippen molar-refractivity contribution in [3.8, 4) is 0 Å². The van der Waals surface area contributed by atoms with Crippen LogP contribution in [0, 0.1) is 0 Å². The van der Waals surface area contributed by atoms with E-state index < -0.39 is 18.9 Å². The first kappa shape index (κ1) is 14.6. The summed E-state index contributed by atoms with van der Waals surface area (Å²) in [4.78, 5) is 28.9. The lowest BCUT2D eigenvalue weighted by Crippen LogP contribution is -2.03. The number of hydrogen-bond acceptors (Lipinski definition) is 4. The zero-order valence-electron chi connectivity index (χ0n) is 7.19. The molecule has 7 heteroatoms. The molecule has 0 saturated heterocycles. The van der Waals surface area contributed by atoms with Crippen LogP contribution in [0.25, 0.3) is 0 Å². The van der Waals surface area contributed by atoms with Crippen LogP contribution in [0.1, 0.15) is 6.42 Å². The minimum atomic E-state index is -3.24. The predicted octanol–water partition coefficient (Wildman–Crippen LogP) is 0.281. The van der Waals surface area contributed by atoms with Crippen molar-refractivity contribution in [2.45, 2.75) is 6.42 Å². The number of carboxylic acids is 1. The Morgan fingerprint density at radius 1 is 1.54 bits per heavy atom. The van der Waals surface area contributed by atoms with Crippen molar-refractivity contribution < 1.29 is 24.2 Å². The van der Waals surface area contributed by atoms with E-state index >= 15 is 0 Å². The third-order valence-electron chi connectivity index (χ3n) is 1.16. The topological polar surface area (TPSA) is 127 Å². The van der Waals surface area contributed by atoms with E-state index in [1.807, 2.05) is 0 Å². The third kappa shape index (κ3) is 7.43. The fraction of sp³-hybridized carbons (Fsp3) is 0.500. The molecular weight excluding hydrogens is 197 g/mol. The van der Waals surface area contributed by atoms with Crippen LogP contribution in [0.5, 0.6) is 0 Å². The summed E-state index contributed by atoms with van der Waals surface area (Å²) < 4.78 is 10.7. The molecule has 0 aromatic rings. The van der Waals surface area contributed by atoms with Gasteiger partial charge in [0.25, 0.3) is 0 Å². The summed E-state index contributed by atoms with van der Waals surface area (Å²) in [5, 5.41) is 8.30. The molecule has 0 spiro atoms. The molecule has 0 rings (SSSR count). The van der Waals surface area contributed by atoms with Gasteiger partial charge in [-0.3, -0.25) is 4.57 Å². The van der Waals surface area contributed by atoms with Crippen LogP contribution in [0.3, 0.4) is 0 Å². The number of carbonyl (C=O) groups is 1. The van der Waals surface area contributed by atoms with E-state index in [1.54, 1.807) is 0 Å². The highest BCUT2D eigenvalue weighted by atomic mass is 31.2. The average molecular weight is 209 g/mol. The lowest BCUT2D eigenvalue weighted by Gasteiger charge is -2.02.